The van der Waals surface area contributed by atoms with Crippen LogP contribution >= 0.6 is 11.8 Å². The van der Waals surface area contributed by atoms with Crippen LogP contribution in [0, 0.1) is 0 Å². The molecule has 2 aromatic carbocycles. The van der Waals surface area contributed by atoms with E-state index in [4.69, 9.17) is 4.74 Å². The smallest absolute Gasteiger partial charge is 0.266 e. The average Bonchev–Trinajstić information content (AvgIpc) is 2.96. The Labute approximate surface area is 164 Å². The summed E-state index contributed by atoms with van der Waals surface area (Å²) in [6.45, 7) is 6.22. The zero-order valence-corrected chi connectivity index (χ0v) is 16.3. The molecule has 0 radical (unpaired) electrons. The van der Waals surface area contributed by atoms with E-state index in [1.807, 2.05) is 42.5 Å². The fraction of sp³-hybridized carbons (Fsp3) is 0.182. The summed E-state index contributed by atoms with van der Waals surface area (Å²) in [5, 5.41) is 0.682. The Hall–Kier alpha value is -2.79. The van der Waals surface area contributed by atoms with Crippen LogP contribution in [0.3, 0.4) is 0 Å². The molecule has 2 aromatic rings. The summed E-state index contributed by atoms with van der Waals surface area (Å²) in [4.78, 5) is 19.4. The van der Waals surface area contributed by atoms with Crippen molar-refractivity contribution in [3.8, 4) is 5.75 Å². The number of rotatable bonds is 6. The maximum Gasteiger partial charge on any atom is 0.266 e. The molecule has 1 amide bonds. The zero-order chi connectivity index (χ0) is 19.2. The first kappa shape index (κ1) is 19.0. The zero-order valence-electron chi connectivity index (χ0n) is 15.5. The number of thioether (sulfide) groups is 1. The van der Waals surface area contributed by atoms with Crippen LogP contribution < -0.4 is 4.74 Å². The van der Waals surface area contributed by atoms with Gasteiger partial charge in [0.15, 0.2) is 5.17 Å². The second-order valence-corrected chi connectivity index (χ2v) is 7.07. The lowest BCUT2D eigenvalue weighted by atomic mass is 10.2. The number of likely N-dealkylation sites (N-methyl/N-ethyl adjacent to an activating group) is 1. The van der Waals surface area contributed by atoms with Crippen LogP contribution in [-0.2, 0) is 11.2 Å². The van der Waals surface area contributed by atoms with E-state index in [0.29, 0.717) is 16.7 Å². The number of carbonyl (C=O) groups excluding carboxylic acids is 1. The Morgan fingerprint density at radius 2 is 1.85 bits per heavy atom. The van der Waals surface area contributed by atoms with Crippen molar-refractivity contribution >= 4 is 34.6 Å². The summed E-state index contributed by atoms with van der Waals surface area (Å²) in [5.74, 6) is 0.730. The van der Waals surface area contributed by atoms with E-state index in [1.165, 1.54) is 17.3 Å². The molecule has 0 atom stereocenters. The van der Waals surface area contributed by atoms with Crippen LogP contribution in [0.4, 0.5) is 5.69 Å². The molecule has 138 valence electrons. The molecular weight excluding hydrogens is 356 g/mol. The van der Waals surface area contributed by atoms with Gasteiger partial charge in [0.2, 0.25) is 0 Å². The molecule has 1 fully saturated rings. The Bertz CT molecular complexity index is 884. The van der Waals surface area contributed by atoms with E-state index in [2.05, 4.69) is 30.6 Å². The maximum absolute atomic E-state index is 12.5. The van der Waals surface area contributed by atoms with Gasteiger partial charge in [-0.2, -0.15) is 0 Å². The number of amides is 1. The minimum absolute atomic E-state index is 0.0455. The summed E-state index contributed by atoms with van der Waals surface area (Å²) in [5.41, 5.74) is 3.06. The SMILES string of the molecule is C=CCOc1ccc(C=C2SC(=Nc3ccc(CC)cc3)N(C)C2=O)cc1. The van der Waals surface area contributed by atoms with Gasteiger partial charge in [-0.25, -0.2) is 4.99 Å². The summed E-state index contributed by atoms with van der Waals surface area (Å²) in [6.07, 6.45) is 4.58. The van der Waals surface area contributed by atoms with Crippen LogP contribution in [0.25, 0.3) is 6.08 Å². The summed E-state index contributed by atoms with van der Waals surface area (Å²) < 4.78 is 5.48. The first-order valence-corrected chi connectivity index (χ1v) is 9.61. The van der Waals surface area contributed by atoms with E-state index in [-0.39, 0.29) is 5.91 Å². The minimum atomic E-state index is -0.0455. The number of carbonyl (C=O) groups is 1. The number of hydrogen-bond acceptors (Lipinski definition) is 4. The molecule has 0 aromatic heterocycles. The average molecular weight is 378 g/mol. The maximum atomic E-state index is 12.5. The van der Waals surface area contributed by atoms with Crippen molar-refractivity contribution in [2.75, 3.05) is 13.7 Å². The number of aliphatic imine (C=N–C) groups is 1. The predicted octanol–water partition coefficient (Wildman–Crippen LogP) is 5.05. The van der Waals surface area contributed by atoms with Gasteiger partial charge >= 0.3 is 0 Å². The van der Waals surface area contributed by atoms with Crippen LogP contribution in [0.15, 0.2) is 71.1 Å². The molecule has 5 heteroatoms. The topological polar surface area (TPSA) is 41.9 Å². The summed E-state index contributed by atoms with van der Waals surface area (Å²) in [6, 6.07) is 15.7. The van der Waals surface area contributed by atoms with Gasteiger partial charge in [-0.1, -0.05) is 43.8 Å². The Morgan fingerprint density at radius 3 is 2.48 bits per heavy atom. The van der Waals surface area contributed by atoms with Gasteiger partial charge in [0.05, 0.1) is 10.6 Å². The van der Waals surface area contributed by atoms with Gasteiger partial charge in [-0.05, 0) is 59.7 Å². The van der Waals surface area contributed by atoms with Crippen molar-refractivity contribution < 1.29 is 9.53 Å². The molecule has 0 unspecified atom stereocenters. The summed E-state index contributed by atoms with van der Waals surface area (Å²) >= 11 is 1.39. The largest absolute Gasteiger partial charge is 0.490 e. The molecule has 0 spiro atoms. The van der Waals surface area contributed by atoms with E-state index in [0.717, 1.165) is 23.4 Å². The van der Waals surface area contributed by atoms with Crippen molar-refractivity contribution in [3.63, 3.8) is 0 Å². The molecule has 0 N–H and O–H groups in total. The molecule has 1 heterocycles. The van der Waals surface area contributed by atoms with Gasteiger partial charge in [0.1, 0.15) is 12.4 Å². The number of nitrogens with zero attached hydrogens (tertiary/aromatic N) is 2. The number of amidine groups is 1. The Morgan fingerprint density at radius 1 is 1.15 bits per heavy atom. The summed E-state index contributed by atoms with van der Waals surface area (Å²) in [7, 11) is 1.75. The highest BCUT2D eigenvalue weighted by molar-refractivity contribution is 8.18. The first-order valence-electron chi connectivity index (χ1n) is 8.79. The van der Waals surface area contributed by atoms with Gasteiger partial charge in [0.25, 0.3) is 5.91 Å². The monoisotopic (exact) mass is 378 g/mol. The molecule has 0 aliphatic carbocycles. The van der Waals surface area contributed by atoms with Crippen molar-refractivity contribution in [1.82, 2.24) is 4.90 Å². The highest BCUT2D eigenvalue weighted by Crippen LogP contribution is 2.33. The lowest BCUT2D eigenvalue weighted by Gasteiger charge is -2.07. The van der Waals surface area contributed by atoms with Crippen molar-refractivity contribution in [2.45, 2.75) is 13.3 Å². The minimum Gasteiger partial charge on any atom is -0.490 e. The van der Waals surface area contributed by atoms with Crippen molar-refractivity contribution in [2.24, 2.45) is 4.99 Å². The van der Waals surface area contributed by atoms with Crippen molar-refractivity contribution in [3.05, 3.63) is 77.2 Å². The molecule has 1 aliphatic rings. The Kier molecular flexibility index (Phi) is 6.14. The van der Waals surface area contributed by atoms with Gasteiger partial charge in [-0.3, -0.25) is 9.69 Å². The molecule has 4 nitrogen and oxygen atoms in total. The normalized spacial score (nSPS) is 17.0. The lowest BCUT2D eigenvalue weighted by molar-refractivity contribution is -0.121. The van der Waals surface area contributed by atoms with Crippen LogP contribution in [0.2, 0.25) is 0 Å². The molecule has 0 saturated carbocycles. The second kappa shape index (κ2) is 8.73. The molecule has 0 bridgehead atoms. The van der Waals surface area contributed by atoms with E-state index in [1.54, 1.807) is 18.0 Å². The van der Waals surface area contributed by atoms with E-state index < -0.39 is 0 Å². The fourth-order valence-corrected chi connectivity index (χ4v) is 3.52. The molecular formula is C22H22N2O2S. The highest BCUT2D eigenvalue weighted by Gasteiger charge is 2.30. The van der Waals surface area contributed by atoms with Crippen LogP contribution in [-0.4, -0.2) is 29.6 Å². The van der Waals surface area contributed by atoms with Crippen molar-refractivity contribution in [1.29, 1.82) is 0 Å². The van der Waals surface area contributed by atoms with Gasteiger partial charge < -0.3 is 4.74 Å². The second-order valence-electron chi connectivity index (χ2n) is 6.06. The molecule has 27 heavy (non-hydrogen) atoms. The van der Waals surface area contributed by atoms with E-state index in [9.17, 15) is 4.79 Å². The predicted molar refractivity (Wildman–Crippen MR) is 113 cm³/mol. The number of benzene rings is 2. The fourth-order valence-electron chi connectivity index (χ4n) is 2.54. The lowest BCUT2D eigenvalue weighted by Crippen LogP contribution is -2.23. The standard InChI is InChI=1S/C22H22N2O2S/c1-4-14-26-19-12-8-17(9-13-19)15-20-21(25)24(3)22(27-20)23-18-10-6-16(5-2)7-11-18/h4,6-13,15H,1,5,14H2,2-3H3. The van der Waals surface area contributed by atoms with Crippen LogP contribution in [0.5, 0.6) is 5.75 Å². The van der Waals surface area contributed by atoms with Gasteiger partial charge in [0, 0.05) is 7.05 Å². The van der Waals surface area contributed by atoms with Crippen LogP contribution in [0.1, 0.15) is 18.1 Å². The molecule has 3 rings (SSSR count). The third-order valence-corrected chi connectivity index (χ3v) is 5.18. The molecule has 1 saturated heterocycles. The Balaban J connectivity index is 1.77. The van der Waals surface area contributed by atoms with E-state index >= 15 is 0 Å². The first-order chi connectivity index (χ1) is 13.1. The number of aryl methyl sites for hydroxylation is 1. The molecule has 1 aliphatic heterocycles. The quantitative estimate of drug-likeness (QED) is 0.522. The number of hydrogen-bond donors (Lipinski definition) is 0. The van der Waals surface area contributed by atoms with Gasteiger partial charge in [-0.15, -0.1) is 0 Å². The third kappa shape index (κ3) is 4.68. The third-order valence-electron chi connectivity index (χ3n) is 4.12. The highest BCUT2D eigenvalue weighted by atomic mass is 32.2. The number of ether oxygens (including phenoxy) is 1.